The van der Waals surface area contributed by atoms with Gasteiger partial charge in [-0.25, -0.2) is 9.07 Å². The number of carbonyl (C=O) groups is 2. The summed E-state index contributed by atoms with van der Waals surface area (Å²) in [6, 6.07) is 7.20. The van der Waals surface area contributed by atoms with Crippen LogP contribution in [0.2, 0.25) is 0 Å². The lowest BCUT2D eigenvalue weighted by atomic mass is 10.2. The maximum absolute atomic E-state index is 12.9. The lowest BCUT2D eigenvalue weighted by Crippen LogP contribution is -2.38. The summed E-state index contributed by atoms with van der Waals surface area (Å²) in [6.45, 7) is 3.76. The molecule has 7 heteroatoms. The van der Waals surface area contributed by atoms with E-state index in [1.165, 1.54) is 27.8 Å². The second kappa shape index (κ2) is 7.04. The van der Waals surface area contributed by atoms with E-state index in [1.54, 1.807) is 18.3 Å². The van der Waals surface area contributed by atoms with E-state index in [2.05, 4.69) is 5.10 Å². The Kier molecular flexibility index (Phi) is 5.10. The van der Waals surface area contributed by atoms with Gasteiger partial charge in [0.1, 0.15) is 12.4 Å². The summed E-state index contributed by atoms with van der Waals surface area (Å²) in [7, 11) is 0. The number of carbonyl (C=O) groups excluding carboxylic acids is 1. The molecule has 0 saturated carbocycles. The molecule has 0 saturated heterocycles. The summed E-state index contributed by atoms with van der Waals surface area (Å²) in [5.74, 6) is -1.74. The average molecular weight is 319 g/mol. The number of rotatable bonds is 6. The molecule has 1 N–H and O–H groups in total. The van der Waals surface area contributed by atoms with E-state index < -0.39 is 11.9 Å². The van der Waals surface area contributed by atoms with Crippen LogP contribution in [-0.4, -0.2) is 44.8 Å². The zero-order valence-corrected chi connectivity index (χ0v) is 12.9. The number of aromatic nitrogens is 2. The van der Waals surface area contributed by atoms with E-state index in [0.717, 1.165) is 0 Å². The molecule has 0 aliphatic carbocycles. The van der Waals surface area contributed by atoms with Crippen molar-refractivity contribution in [1.29, 1.82) is 0 Å². The highest BCUT2D eigenvalue weighted by Gasteiger charge is 2.21. The Balaban J connectivity index is 2.21. The predicted molar refractivity (Wildman–Crippen MR) is 81.9 cm³/mol. The van der Waals surface area contributed by atoms with E-state index in [1.807, 2.05) is 13.8 Å². The minimum absolute atomic E-state index is 0.137. The fourth-order valence-corrected chi connectivity index (χ4v) is 2.16. The molecule has 0 unspecified atom stereocenters. The van der Waals surface area contributed by atoms with Crippen LogP contribution in [0.4, 0.5) is 4.39 Å². The summed E-state index contributed by atoms with van der Waals surface area (Å²) in [5, 5.41) is 13.1. The number of halogens is 1. The quantitative estimate of drug-likeness (QED) is 0.885. The molecule has 0 spiro atoms. The molecular formula is C16H18FN3O3. The molecular weight excluding hydrogens is 301 g/mol. The third-order valence-corrected chi connectivity index (χ3v) is 3.10. The lowest BCUT2D eigenvalue weighted by Gasteiger charge is -2.21. The molecule has 122 valence electrons. The minimum atomic E-state index is -1.07. The van der Waals surface area contributed by atoms with Gasteiger partial charge in [0, 0.05) is 12.7 Å². The number of amides is 1. The third-order valence-electron chi connectivity index (χ3n) is 3.10. The van der Waals surface area contributed by atoms with Gasteiger partial charge in [0.2, 0.25) is 0 Å². The maximum Gasteiger partial charge on any atom is 0.323 e. The fraction of sp³-hybridized carbons (Fsp3) is 0.312. The van der Waals surface area contributed by atoms with Crippen LogP contribution in [0, 0.1) is 11.7 Å². The van der Waals surface area contributed by atoms with Crippen LogP contribution in [-0.2, 0) is 4.79 Å². The van der Waals surface area contributed by atoms with E-state index in [9.17, 15) is 14.0 Å². The van der Waals surface area contributed by atoms with Crippen molar-refractivity contribution in [2.24, 2.45) is 5.92 Å². The maximum atomic E-state index is 12.9. The molecule has 6 nitrogen and oxygen atoms in total. The van der Waals surface area contributed by atoms with Crippen LogP contribution in [0.15, 0.2) is 36.5 Å². The van der Waals surface area contributed by atoms with Gasteiger partial charge in [0.15, 0.2) is 5.69 Å². The summed E-state index contributed by atoms with van der Waals surface area (Å²) < 4.78 is 14.4. The second-order valence-electron chi connectivity index (χ2n) is 5.60. The predicted octanol–water partition coefficient (Wildman–Crippen LogP) is 2.19. The first kappa shape index (κ1) is 16.7. The molecule has 0 fully saturated rings. The highest BCUT2D eigenvalue weighted by Crippen LogP contribution is 2.11. The Morgan fingerprint density at radius 3 is 2.48 bits per heavy atom. The molecule has 0 radical (unpaired) electrons. The van der Waals surface area contributed by atoms with Gasteiger partial charge in [-0.2, -0.15) is 5.10 Å². The summed E-state index contributed by atoms with van der Waals surface area (Å²) >= 11 is 0. The van der Waals surface area contributed by atoms with Gasteiger partial charge in [-0.3, -0.25) is 9.59 Å². The molecule has 0 aliphatic rings. The van der Waals surface area contributed by atoms with E-state index >= 15 is 0 Å². The van der Waals surface area contributed by atoms with Crippen molar-refractivity contribution in [3.63, 3.8) is 0 Å². The van der Waals surface area contributed by atoms with Crippen molar-refractivity contribution in [2.75, 3.05) is 13.1 Å². The molecule has 1 heterocycles. The van der Waals surface area contributed by atoms with Gasteiger partial charge in [-0.05, 0) is 36.2 Å². The van der Waals surface area contributed by atoms with Crippen LogP contribution < -0.4 is 0 Å². The first-order chi connectivity index (χ1) is 10.9. The molecule has 2 rings (SSSR count). The van der Waals surface area contributed by atoms with Crippen LogP contribution in [0.5, 0.6) is 0 Å². The molecule has 1 amide bonds. The number of hydrogen-bond donors (Lipinski definition) is 1. The van der Waals surface area contributed by atoms with Crippen LogP contribution in [0.1, 0.15) is 24.3 Å². The highest BCUT2D eigenvalue weighted by molar-refractivity contribution is 5.94. The second-order valence-corrected chi connectivity index (χ2v) is 5.60. The topological polar surface area (TPSA) is 75.4 Å². The van der Waals surface area contributed by atoms with E-state index in [0.29, 0.717) is 12.2 Å². The SMILES string of the molecule is CC(C)CN(CC(=O)O)C(=O)c1ccn(-c2ccc(F)cc2)n1. The largest absolute Gasteiger partial charge is 0.480 e. The van der Waals surface area contributed by atoms with E-state index in [-0.39, 0.29) is 24.0 Å². The fourth-order valence-electron chi connectivity index (χ4n) is 2.16. The van der Waals surface area contributed by atoms with Crippen LogP contribution in [0.25, 0.3) is 5.69 Å². The van der Waals surface area contributed by atoms with Crippen molar-refractivity contribution in [3.8, 4) is 5.69 Å². The Morgan fingerprint density at radius 2 is 1.91 bits per heavy atom. The molecule has 1 aromatic carbocycles. The van der Waals surface area contributed by atoms with Gasteiger partial charge in [0.25, 0.3) is 5.91 Å². The van der Waals surface area contributed by atoms with Crippen molar-refractivity contribution < 1.29 is 19.1 Å². The first-order valence-electron chi connectivity index (χ1n) is 7.19. The third kappa shape index (κ3) is 4.38. The Labute approximate surface area is 133 Å². The smallest absolute Gasteiger partial charge is 0.323 e. The lowest BCUT2D eigenvalue weighted by molar-refractivity contribution is -0.137. The van der Waals surface area contributed by atoms with Gasteiger partial charge < -0.3 is 10.0 Å². The molecule has 0 aliphatic heterocycles. The Morgan fingerprint density at radius 1 is 1.26 bits per heavy atom. The summed E-state index contributed by atoms with van der Waals surface area (Å²) in [6.07, 6.45) is 1.58. The standard InChI is InChI=1S/C16H18FN3O3/c1-11(2)9-19(10-15(21)22)16(23)14-7-8-20(18-14)13-5-3-12(17)4-6-13/h3-8,11H,9-10H2,1-2H3,(H,21,22). The Bertz CT molecular complexity index is 695. The molecule has 0 atom stereocenters. The normalized spacial score (nSPS) is 10.8. The number of nitrogens with zero attached hydrogens (tertiary/aromatic N) is 3. The van der Waals surface area contributed by atoms with Crippen molar-refractivity contribution in [2.45, 2.75) is 13.8 Å². The van der Waals surface area contributed by atoms with Gasteiger partial charge in [0.05, 0.1) is 5.69 Å². The Hall–Kier alpha value is -2.70. The number of carboxylic acids is 1. The average Bonchev–Trinajstić information content (AvgIpc) is 2.95. The zero-order valence-electron chi connectivity index (χ0n) is 12.9. The van der Waals surface area contributed by atoms with Gasteiger partial charge >= 0.3 is 5.97 Å². The molecule has 1 aromatic heterocycles. The summed E-state index contributed by atoms with van der Waals surface area (Å²) in [5.41, 5.74) is 0.760. The first-order valence-corrected chi connectivity index (χ1v) is 7.19. The number of hydrogen-bond acceptors (Lipinski definition) is 3. The van der Waals surface area contributed by atoms with Crippen LogP contribution in [0.3, 0.4) is 0 Å². The molecule has 2 aromatic rings. The van der Waals surface area contributed by atoms with Gasteiger partial charge in [-0.15, -0.1) is 0 Å². The minimum Gasteiger partial charge on any atom is -0.480 e. The number of benzene rings is 1. The van der Waals surface area contributed by atoms with Crippen molar-refractivity contribution in [1.82, 2.24) is 14.7 Å². The number of carboxylic acid groups (broad SMARTS) is 1. The molecule has 23 heavy (non-hydrogen) atoms. The van der Waals surface area contributed by atoms with Crippen molar-refractivity contribution in [3.05, 3.63) is 48.0 Å². The van der Waals surface area contributed by atoms with Crippen molar-refractivity contribution >= 4 is 11.9 Å². The highest BCUT2D eigenvalue weighted by atomic mass is 19.1. The molecule has 0 bridgehead atoms. The summed E-state index contributed by atoms with van der Waals surface area (Å²) in [4.78, 5) is 24.6. The number of aliphatic carboxylic acids is 1. The van der Waals surface area contributed by atoms with E-state index in [4.69, 9.17) is 5.11 Å². The monoisotopic (exact) mass is 319 g/mol. The van der Waals surface area contributed by atoms with Gasteiger partial charge in [-0.1, -0.05) is 13.8 Å². The zero-order chi connectivity index (χ0) is 17.0. The van der Waals surface area contributed by atoms with Crippen LogP contribution >= 0.6 is 0 Å².